The fraction of sp³-hybridized carbons (Fsp3) is 0.467. The number of aliphatic hydroxyl groups is 1. The molecule has 2 atom stereocenters. The van der Waals surface area contributed by atoms with Gasteiger partial charge in [0, 0.05) is 12.2 Å². The molecule has 1 aromatic carbocycles. The molecule has 0 saturated carbocycles. The van der Waals surface area contributed by atoms with Crippen LogP contribution in [0.4, 0.5) is 5.69 Å². The summed E-state index contributed by atoms with van der Waals surface area (Å²) >= 11 is 0. The van der Waals surface area contributed by atoms with E-state index in [9.17, 15) is 14.7 Å². The quantitative estimate of drug-likeness (QED) is 0.765. The molecule has 7 heteroatoms. The summed E-state index contributed by atoms with van der Waals surface area (Å²) in [6, 6.07) is 6.48. The van der Waals surface area contributed by atoms with E-state index >= 15 is 0 Å². The van der Waals surface area contributed by atoms with E-state index in [1.54, 1.807) is 36.1 Å². The van der Waals surface area contributed by atoms with Crippen LogP contribution in [0.2, 0.25) is 0 Å². The summed E-state index contributed by atoms with van der Waals surface area (Å²) in [5, 5.41) is 12.4. The Balaban J connectivity index is 2.32. The van der Waals surface area contributed by atoms with E-state index < -0.39 is 17.6 Å². The maximum atomic E-state index is 12.1. The van der Waals surface area contributed by atoms with E-state index in [-0.39, 0.29) is 12.6 Å². The molecule has 2 unspecified atom stereocenters. The number of hydrogen-bond acceptors (Lipinski definition) is 7. The van der Waals surface area contributed by atoms with Gasteiger partial charge in [-0.25, -0.2) is 9.59 Å². The number of carbonyl (C=O) groups excluding carboxylic acids is 2. The molecule has 1 saturated heterocycles. The highest BCUT2D eigenvalue weighted by atomic mass is 16.5. The van der Waals surface area contributed by atoms with E-state index in [1.165, 1.54) is 14.2 Å². The Bertz CT molecular complexity index is 560. The Kier molecular flexibility index (Phi) is 4.68. The van der Waals surface area contributed by atoms with E-state index in [2.05, 4.69) is 10.1 Å². The van der Waals surface area contributed by atoms with Gasteiger partial charge in [0.05, 0.1) is 32.4 Å². The number of esters is 2. The van der Waals surface area contributed by atoms with Crippen molar-refractivity contribution in [2.75, 3.05) is 32.3 Å². The predicted molar refractivity (Wildman–Crippen MR) is 79.6 cm³/mol. The highest BCUT2D eigenvalue weighted by Crippen LogP contribution is 2.29. The van der Waals surface area contributed by atoms with Crippen LogP contribution in [0.5, 0.6) is 0 Å². The van der Waals surface area contributed by atoms with Crippen molar-refractivity contribution in [2.24, 2.45) is 0 Å². The first-order chi connectivity index (χ1) is 10.5. The largest absolute Gasteiger partial charge is 0.466 e. The van der Waals surface area contributed by atoms with Gasteiger partial charge in [0.2, 0.25) is 0 Å². The molecule has 1 aliphatic heterocycles. The van der Waals surface area contributed by atoms with Gasteiger partial charge in [-0.05, 0) is 31.2 Å². The van der Waals surface area contributed by atoms with Gasteiger partial charge < -0.3 is 19.5 Å². The third kappa shape index (κ3) is 2.77. The zero-order chi connectivity index (χ0) is 16.3. The molecular weight excluding hydrogens is 288 g/mol. The lowest BCUT2D eigenvalue weighted by Crippen LogP contribution is -2.57. The highest BCUT2D eigenvalue weighted by molar-refractivity contribution is 5.90. The molecule has 2 N–H and O–H groups in total. The first kappa shape index (κ1) is 16.3. The van der Waals surface area contributed by atoms with Gasteiger partial charge >= 0.3 is 11.9 Å². The molecular formula is C15H20N2O5. The molecule has 0 amide bonds. The number of ether oxygens (including phenoxy) is 2. The molecule has 0 spiro atoms. The van der Waals surface area contributed by atoms with E-state index in [4.69, 9.17) is 4.74 Å². The van der Waals surface area contributed by atoms with Gasteiger partial charge in [-0.2, -0.15) is 0 Å². The molecule has 1 fully saturated rings. The number of methoxy groups -OCH3 is 2. The number of carbonyl (C=O) groups is 2. The van der Waals surface area contributed by atoms with Crippen LogP contribution in [-0.2, 0) is 14.3 Å². The number of nitrogens with zero attached hydrogens (tertiary/aromatic N) is 1. The lowest BCUT2D eigenvalue weighted by Gasteiger charge is -2.33. The van der Waals surface area contributed by atoms with E-state index in [0.29, 0.717) is 12.1 Å². The molecule has 0 bridgehead atoms. The first-order valence-electron chi connectivity index (χ1n) is 6.89. The average molecular weight is 308 g/mol. The van der Waals surface area contributed by atoms with Crippen molar-refractivity contribution >= 4 is 17.6 Å². The summed E-state index contributed by atoms with van der Waals surface area (Å²) in [6.07, 6.45) is 0. The molecule has 22 heavy (non-hydrogen) atoms. The van der Waals surface area contributed by atoms with Crippen LogP contribution in [-0.4, -0.2) is 56.1 Å². The van der Waals surface area contributed by atoms with Gasteiger partial charge in [-0.1, -0.05) is 0 Å². The fourth-order valence-corrected chi connectivity index (χ4v) is 2.65. The topological polar surface area (TPSA) is 88.1 Å². The van der Waals surface area contributed by atoms with Gasteiger partial charge in [-0.15, -0.1) is 0 Å². The second-order valence-electron chi connectivity index (χ2n) is 5.24. The summed E-state index contributed by atoms with van der Waals surface area (Å²) in [4.78, 5) is 25.4. The van der Waals surface area contributed by atoms with Gasteiger partial charge in [0.15, 0.2) is 5.66 Å². The number of benzene rings is 1. The van der Waals surface area contributed by atoms with Crippen molar-refractivity contribution < 1.29 is 24.2 Å². The number of nitrogens with one attached hydrogen (secondary N) is 1. The van der Waals surface area contributed by atoms with Crippen molar-refractivity contribution in [2.45, 2.75) is 18.6 Å². The zero-order valence-corrected chi connectivity index (χ0v) is 12.8. The maximum absolute atomic E-state index is 12.1. The van der Waals surface area contributed by atoms with Crippen molar-refractivity contribution in [3.8, 4) is 0 Å². The smallest absolute Gasteiger partial charge is 0.346 e. The molecule has 1 heterocycles. The average Bonchev–Trinajstić information content (AvgIpc) is 2.91. The third-order valence-electron chi connectivity index (χ3n) is 3.83. The van der Waals surface area contributed by atoms with Crippen LogP contribution in [0.15, 0.2) is 24.3 Å². The summed E-state index contributed by atoms with van der Waals surface area (Å²) in [5.41, 5.74) is 0.0930. The van der Waals surface area contributed by atoms with Gasteiger partial charge in [-0.3, -0.25) is 5.32 Å². The summed E-state index contributed by atoms with van der Waals surface area (Å²) in [6.45, 7) is 2.05. The number of aliphatic hydroxyl groups excluding tert-OH is 1. The number of anilines is 1. The van der Waals surface area contributed by atoms with Gasteiger partial charge in [0.25, 0.3) is 0 Å². The van der Waals surface area contributed by atoms with Crippen LogP contribution >= 0.6 is 0 Å². The van der Waals surface area contributed by atoms with Gasteiger partial charge in [0.1, 0.15) is 0 Å². The van der Waals surface area contributed by atoms with Crippen molar-refractivity contribution in [1.29, 1.82) is 0 Å². The van der Waals surface area contributed by atoms with Crippen LogP contribution in [0, 0.1) is 0 Å². The standard InChI is InChI=1S/C15H20N2O5/c1-15(14(20)22-3)16-11(9-18)8-17(15)12-6-4-10(5-7-12)13(19)21-2/h4-7,11,16,18H,8-9H2,1-3H3. The number of hydrogen-bond donors (Lipinski definition) is 2. The van der Waals surface area contributed by atoms with Crippen molar-refractivity contribution in [3.63, 3.8) is 0 Å². The second kappa shape index (κ2) is 6.33. The van der Waals surface area contributed by atoms with E-state index in [0.717, 1.165) is 5.69 Å². The van der Waals surface area contributed by atoms with Crippen LogP contribution in [0.1, 0.15) is 17.3 Å². The Hall–Kier alpha value is -2.12. The second-order valence-corrected chi connectivity index (χ2v) is 5.24. The fourth-order valence-electron chi connectivity index (χ4n) is 2.65. The molecule has 1 aliphatic rings. The Labute approximate surface area is 128 Å². The summed E-state index contributed by atoms with van der Waals surface area (Å²) < 4.78 is 9.52. The molecule has 0 radical (unpaired) electrons. The minimum Gasteiger partial charge on any atom is -0.466 e. The molecule has 1 aromatic rings. The Morgan fingerprint density at radius 3 is 2.45 bits per heavy atom. The van der Waals surface area contributed by atoms with Crippen molar-refractivity contribution in [1.82, 2.24) is 5.32 Å². The Morgan fingerprint density at radius 1 is 1.32 bits per heavy atom. The van der Waals surface area contributed by atoms with Crippen LogP contribution in [0.3, 0.4) is 0 Å². The SMILES string of the molecule is COC(=O)c1ccc(N2CC(CO)NC2(C)C(=O)OC)cc1. The summed E-state index contributed by atoms with van der Waals surface area (Å²) in [5.74, 6) is -0.865. The monoisotopic (exact) mass is 308 g/mol. The maximum Gasteiger partial charge on any atom is 0.346 e. The van der Waals surface area contributed by atoms with Crippen LogP contribution < -0.4 is 10.2 Å². The minimum absolute atomic E-state index is 0.0939. The first-order valence-corrected chi connectivity index (χ1v) is 6.89. The molecule has 7 nitrogen and oxygen atoms in total. The lowest BCUT2D eigenvalue weighted by molar-refractivity contribution is -0.147. The van der Waals surface area contributed by atoms with E-state index in [1.807, 2.05) is 0 Å². The van der Waals surface area contributed by atoms with Crippen molar-refractivity contribution in [3.05, 3.63) is 29.8 Å². The molecule has 2 rings (SSSR count). The number of rotatable bonds is 4. The molecule has 0 aromatic heterocycles. The third-order valence-corrected chi connectivity index (χ3v) is 3.83. The molecule has 0 aliphatic carbocycles. The zero-order valence-electron chi connectivity index (χ0n) is 12.8. The highest BCUT2D eigenvalue weighted by Gasteiger charge is 2.48. The Morgan fingerprint density at radius 2 is 1.95 bits per heavy atom. The molecule has 120 valence electrons. The minimum atomic E-state index is -1.07. The van der Waals surface area contributed by atoms with Crippen LogP contribution in [0.25, 0.3) is 0 Å². The lowest BCUT2D eigenvalue weighted by atomic mass is 10.1. The normalized spacial score (nSPS) is 24.2. The predicted octanol–water partition coefficient (Wildman–Crippen LogP) is 0.133. The summed E-state index contributed by atoms with van der Waals surface area (Å²) in [7, 11) is 2.64.